The van der Waals surface area contributed by atoms with Crippen LogP contribution in [0.25, 0.3) is 0 Å². The molecule has 0 aromatic rings. The van der Waals surface area contributed by atoms with Gasteiger partial charge in [-0.05, 0) is 12.5 Å². The Morgan fingerprint density at radius 1 is 1.42 bits per heavy atom. The monoisotopic (exact) mass is 178 g/mol. The molecule has 0 unspecified atom stereocenters. The van der Waals surface area contributed by atoms with Gasteiger partial charge in [0.05, 0.1) is 0 Å². The van der Waals surface area contributed by atoms with E-state index in [1.807, 2.05) is 6.92 Å². The van der Waals surface area contributed by atoms with Crippen molar-refractivity contribution in [3.8, 4) is 0 Å². The van der Waals surface area contributed by atoms with E-state index in [-0.39, 0.29) is 0 Å². The molecule has 0 amide bonds. The minimum atomic E-state index is -2.80. The number of allylic oxidation sites excluding steroid dienone is 1. The number of alkyl halides is 2. The molecule has 0 rings (SSSR count). The van der Waals surface area contributed by atoms with E-state index in [1.165, 1.54) is 13.2 Å². The second kappa shape index (κ2) is 6.12. The summed E-state index contributed by atoms with van der Waals surface area (Å²) in [5, 5.41) is 0. The Balaban J connectivity index is 3.63. The lowest BCUT2D eigenvalue weighted by Crippen LogP contribution is -2.19. The Hall–Kier alpha value is -0.440. The molecule has 0 aromatic carbocycles. The second-order valence-corrected chi connectivity index (χ2v) is 2.74. The first-order chi connectivity index (χ1) is 5.62. The smallest absolute Gasteiger partial charge is 0.289 e. The van der Waals surface area contributed by atoms with E-state index in [4.69, 9.17) is 0 Å². The normalized spacial score (nSPS) is 12.7. The summed E-state index contributed by atoms with van der Waals surface area (Å²) < 4.78 is 29.6. The van der Waals surface area contributed by atoms with Crippen LogP contribution in [0.2, 0.25) is 0 Å². The first-order valence-corrected chi connectivity index (χ1v) is 4.17. The van der Waals surface area contributed by atoms with Crippen LogP contribution in [0.15, 0.2) is 12.2 Å². The molecule has 0 radical (unpaired) electrons. The van der Waals surface area contributed by atoms with Gasteiger partial charge in [-0.1, -0.05) is 25.8 Å². The highest BCUT2D eigenvalue weighted by Gasteiger charge is 2.23. The first-order valence-electron chi connectivity index (χ1n) is 4.17. The van der Waals surface area contributed by atoms with Crippen molar-refractivity contribution in [1.29, 1.82) is 0 Å². The van der Waals surface area contributed by atoms with Crippen molar-refractivity contribution in [2.45, 2.75) is 32.1 Å². The van der Waals surface area contributed by atoms with Crippen LogP contribution in [-0.4, -0.2) is 19.6 Å². The largest absolute Gasteiger partial charge is 0.378 e. The number of methoxy groups -OCH3 is 1. The Bertz CT molecular complexity index is 132. The zero-order valence-corrected chi connectivity index (χ0v) is 7.65. The molecule has 12 heavy (non-hydrogen) atoms. The number of halogens is 2. The standard InChI is InChI=1S/C9H16F2O/c1-3-4-5-6-7-9(10,11)8-12-2/h6-7H,3-5,8H2,1-2H3/b7-6+. The zero-order chi connectivity index (χ0) is 9.45. The predicted molar refractivity (Wildman–Crippen MR) is 45.5 cm³/mol. The van der Waals surface area contributed by atoms with E-state index in [2.05, 4.69) is 4.74 Å². The van der Waals surface area contributed by atoms with Gasteiger partial charge in [-0.25, -0.2) is 0 Å². The molecule has 0 saturated carbocycles. The number of hydrogen-bond donors (Lipinski definition) is 0. The van der Waals surface area contributed by atoms with Gasteiger partial charge in [0, 0.05) is 7.11 Å². The van der Waals surface area contributed by atoms with Crippen molar-refractivity contribution in [3.63, 3.8) is 0 Å². The number of hydrogen-bond acceptors (Lipinski definition) is 1. The number of ether oxygens (including phenoxy) is 1. The summed E-state index contributed by atoms with van der Waals surface area (Å²) in [5.41, 5.74) is 0. The third-order valence-electron chi connectivity index (χ3n) is 1.42. The van der Waals surface area contributed by atoms with Gasteiger partial charge in [0.25, 0.3) is 5.92 Å². The molecule has 0 bridgehead atoms. The van der Waals surface area contributed by atoms with Gasteiger partial charge in [0.2, 0.25) is 0 Å². The summed E-state index contributed by atoms with van der Waals surface area (Å²) in [4.78, 5) is 0. The van der Waals surface area contributed by atoms with Crippen molar-refractivity contribution >= 4 is 0 Å². The van der Waals surface area contributed by atoms with E-state index in [1.54, 1.807) is 0 Å². The average molecular weight is 178 g/mol. The minimum Gasteiger partial charge on any atom is -0.378 e. The quantitative estimate of drug-likeness (QED) is 0.448. The van der Waals surface area contributed by atoms with Crippen molar-refractivity contribution < 1.29 is 13.5 Å². The summed E-state index contributed by atoms with van der Waals surface area (Å²) in [6.07, 6.45) is 5.14. The third kappa shape index (κ3) is 6.28. The van der Waals surface area contributed by atoms with Crippen LogP contribution < -0.4 is 0 Å². The topological polar surface area (TPSA) is 9.23 Å². The van der Waals surface area contributed by atoms with Gasteiger partial charge in [-0.2, -0.15) is 8.78 Å². The van der Waals surface area contributed by atoms with Crippen molar-refractivity contribution in [2.75, 3.05) is 13.7 Å². The van der Waals surface area contributed by atoms with Crippen LogP contribution in [0, 0.1) is 0 Å². The van der Waals surface area contributed by atoms with Crippen LogP contribution in [0.1, 0.15) is 26.2 Å². The van der Waals surface area contributed by atoms with Gasteiger partial charge in [0.1, 0.15) is 6.61 Å². The molecule has 0 heterocycles. The maximum atomic E-state index is 12.6. The Kier molecular flexibility index (Phi) is 5.89. The van der Waals surface area contributed by atoms with Gasteiger partial charge in [-0.15, -0.1) is 0 Å². The molecule has 0 saturated heterocycles. The molecular weight excluding hydrogens is 162 g/mol. The van der Waals surface area contributed by atoms with E-state index in [0.717, 1.165) is 25.3 Å². The van der Waals surface area contributed by atoms with E-state index in [9.17, 15) is 8.78 Å². The summed E-state index contributed by atoms with van der Waals surface area (Å²) in [6, 6.07) is 0. The van der Waals surface area contributed by atoms with Crippen LogP contribution in [0.4, 0.5) is 8.78 Å². The van der Waals surface area contributed by atoms with Gasteiger partial charge >= 0.3 is 0 Å². The Labute approximate surface area is 72.4 Å². The molecule has 0 aliphatic carbocycles. The molecule has 0 aliphatic rings. The summed E-state index contributed by atoms with van der Waals surface area (Å²) >= 11 is 0. The summed E-state index contributed by atoms with van der Waals surface area (Å²) in [6.45, 7) is 1.50. The van der Waals surface area contributed by atoms with E-state index < -0.39 is 12.5 Å². The van der Waals surface area contributed by atoms with Crippen LogP contribution in [0.3, 0.4) is 0 Å². The molecule has 0 atom stereocenters. The molecule has 1 nitrogen and oxygen atoms in total. The van der Waals surface area contributed by atoms with Gasteiger partial charge in [-0.3, -0.25) is 0 Å². The molecular formula is C9H16F2O. The zero-order valence-electron chi connectivity index (χ0n) is 7.65. The highest BCUT2D eigenvalue weighted by molar-refractivity contribution is 4.94. The minimum absolute atomic E-state index is 0.532. The van der Waals surface area contributed by atoms with Crippen LogP contribution >= 0.6 is 0 Å². The predicted octanol–water partition coefficient (Wildman–Crippen LogP) is 3.01. The maximum Gasteiger partial charge on any atom is 0.289 e. The van der Waals surface area contributed by atoms with E-state index in [0.29, 0.717) is 0 Å². The van der Waals surface area contributed by atoms with Crippen molar-refractivity contribution in [3.05, 3.63) is 12.2 Å². The molecule has 0 aromatic heterocycles. The Morgan fingerprint density at radius 2 is 2.08 bits per heavy atom. The fourth-order valence-electron chi connectivity index (χ4n) is 0.818. The molecule has 0 N–H and O–H groups in total. The molecule has 0 fully saturated rings. The van der Waals surface area contributed by atoms with Crippen molar-refractivity contribution in [2.24, 2.45) is 0 Å². The highest BCUT2D eigenvalue weighted by Crippen LogP contribution is 2.15. The summed E-state index contributed by atoms with van der Waals surface area (Å²) in [5.74, 6) is -2.80. The molecule has 72 valence electrons. The fourth-order valence-corrected chi connectivity index (χ4v) is 0.818. The lowest BCUT2D eigenvalue weighted by molar-refractivity contribution is -0.0233. The lowest BCUT2D eigenvalue weighted by Gasteiger charge is -2.09. The van der Waals surface area contributed by atoms with Crippen LogP contribution in [-0.2, 0) is 4.74 Å². The Morgan fingerprint density at radius 3 is 2.58 bits per heavy atom. The highest BCUT2D eigenvalue weighted by atomic mass is 19.3. The molecule has 0 spiro atoms. The van der Waals surface area contributed by atoms with Gasteiger partial charge < -0.3 is 4.74 Å². The summed E-state index contributed by atoms with van der Waals surface area (Å²) in [7, 11) is 1.27. The second-order valence-electron chi connectivity index (χ2n) is 2.74. The van der Waals surface area contributed by atoms with Gasteiger partial charge in [0.15, 0.2) is 0 Å². The van der Waals surface area contributed by atoms with Crippen LogP contribution in [0.5, 0.6) is 0 Å². The third-order valence-corrected chi connectivity index (χ3v) is 1.42. The maximum absolute atomic E-state index is 12.6. The van der Waals surface area contributed by atoms with Crippen molar-refractivity contribution in [1.82, 2.24) is 0 Å². The first kappa shape index (κ1) is 11.6. The number of rotatable bonds is 6. The molecule has 3 heteroatoms. The fraction of sp³-hybridized carbons (Fsp3) is 0.778. The number of unbranched alkanes of at least 4 members (excludes halogenated alkanes) is 2. The SMILES string of the molecule is CCCC/C=C/C(F)(F)COC. The van der Waals surface area contributed by atoms with E-state index >= 15 is 0 Å². The average Bonchev–Trinajstić information content (AvgIpc) is 1.98. The lowest BCUT2D eigenvalue weighted by atomic mass is 10.2. The molecule has 0 aliphatic heterocycles.